The van der Waals surface area contributed by atoms with Gasteiger partial charge in [0.25, 0.3) is 0 Å². The molecule has 0 unspecified atom stereocenters. The number of aromatic nitrogens is 3. The summed E-state index contributed by atoms with van der Waals surface area (Å²) in [6.07, 6.45) is -1.96. The third-order valence-corrected chi connectivity index (χ3v) is 5.51. The van der Waals surface area contributed by atoms with Gasteiger partial charge in [0.05, 0.1) is 11.0 Å². The normalized spacial score (nSPS) is 15.9. The highest BCUT2D eigenvalue weighted by atomic mass is 35.5. The molecule has 0 saturated heterocycles. The number of ether oxygens (including phenoxy) is 1. The van der Waals surface area contributed by atoms with Gasteiger partial charge in [-0.2, -0.15) is 0 Å². The first-order valence-corrected chi connectivity index (χ1v) is 9.19. The minimum Gasteiger partial charge on any atom is -0.405 e. The van der Waals surface area contributed by atoms with Gasteiger partial charge in [-0.3, -0.25) is 0 Å². The zero-order valence-electron chi connectivity index (χ0n) is 15.0. The minimum absolute atomic E-state index is 0.242. The summed E-state index contributed by atoms with van der Waals surface area (Å²) in [6, 6.07) is 13.6. The second-order valence-electron chi connectivity index (χ2n) is 6.89. The van der Waals surface area contributed by atoms with Gasteiger partial charge in [-0.25, -0.2) is 0 Å². The molecule has 0 atom stereocenters. The minimum atomic E-state index is -4.78. The highest BCUT2D eigenvalue weighted by Crippen LogP contribution is 2.49. The molecule has 1 aliphatic rings. The van der Waals surface area contributed by atoms with Crippen LogP contribution in [-0.4, -0.2) is 21.1 Å². The lowest BCUT2D eigenvalue weighted by atomic mass is 9.64. The van der Waals surface area contributed by atoms with Crippen LogP contribution >= 0.6 is 11.6 Å². The van der Waals surface area contributed by atoms with Crippen LogP contribution in [0.4, 0.5) is 13.2 Å². The molecule has 2 aromatic carbocycles. The van der Waals surface area contributed by atoms with Gasteiger partial charge in [0.2, 0.25) is 0 Å². The molecule has 3 aromatic rings. The molecule has 1 aliphatic carbocycles. The molecule has 0 amide bonds. The third-order valence-electron chi connectivity index (χ3n) is 5.26. The average Bonchev–Trinajstić information content (AvgIpc) is 2.97. The molecule has 28 heavy (non-hydrogen) atoms. The van der Waals surface area contributed by atoms with E-state index in [0.717, 1.165) is 30.7 Å². The van der Waals surface area contributed by atoms with Crippen LogP contribution in [0.5, 0.6) is 5.75 Å². The maximum Gasteiger partial charge on any atom is 0.573 e. The van der Waals surface area contributed by atoms with Gasteiger partial charge in [-0.15, -0.1) is 23.4 Å². The quantitative estimate of drug-likeness (QED) is 0.573. The van der Waals surface area contributed by atoms with Crippen LogP contribution in [0.25, 0.3) is 11.4 Å². The summed E-state index contributed by atoms with van der Waals surface area (Å²) in [5, 5.41) is 9.22. The van der Waals surface area contributed by atoms with Gasteiger partial charge in [-0.05, 0) is 42.7 Å². The Morgan fingerprint density at radius 1 is 1.04 bits per heavy atom. The molecule has 1 aromatic heterocycles. The molecule has 1 fully saturated rings. The highest BCUT2D eigenvalue weighted by molar-refractivity contribution is 6.30. The number of nitrogens with zero attached hydrogens (tertiary/aromatic N) is 3. The maximum atomic E-state index is 12.8. The first kappa shape index (κ1) is 18.8. The number of hydrogen-bond acceptors (Lipinski definition) is 3. The number of para-hydroxylation sites is 1. The molecule has 1 heterocycles. The molecular weight excluding hydrogens is 391 g/mol. The third kappa shape index (κ3) is 3.24. The molecule has 8 heteroatoms. The lowest BCUT2D eigenvalue weighted by Gasteiger charge is -2.41. The Bertz CT molecular complexity index is 995. The van der Waals surface area contributed by atoms with Crippen LogP contribution in [0, 0.1) is 0 Å². The summed E-state index contributed by atoms with van der Waals surface area (Å²) in [7, 11) is 1.77. The maximum absolute atomic E-state index is 12.8. The summed E-state index contributed by atoms with van der Waals surface area (Å²) < 4.78 is 44.3. The van der Waals surface area contributed by atoms with Crippen LogP contribution in [0.15, 0.2) is 48.5 Å². The SMILES string of the molecule is Cn1c(-c2ccccc2OC(F)(F)F)nnc1C1(c2ccc(Cl)cc2)CCC1. The average molecular weight is 408 g/mol. The molecule has 4 nitrogen and oxygen atoms in total. The van der Waals surface area contributed by atoms with Crippen molar-refractivity contribution in [3.63, 3.8) is 0 Å². The van der Waals surface area contributed by atoms with Crippen molar-refractivity contribution in [3.8, 4) is 17.1 Å². The lowest BCUT2D eigenvalue weighted by molar-refractivity contribution is -0.274. The number of hydrogen-bond donors (Lipinski definition) is 0. The smallest absolute Gasteiger partial charge is 0.405 e. The van der Waals surface area contributed by atoms with E-state index in [4.69, 9.17) is 11.6 Å². The van der Waals surface area contributed by atoms with E-state index in [1.165, 1.54) is 12.1 Å². The number of halogens is 4. The largest absolute Gasteiger partial charge is 0.573 e. The van der Waals surface area contributed by atoms with Crippen molar-refractivity contribution < 1.29 is 17.9 Å². The molecule has 0 N–H and O–H groups in total. The number of benzene rings is 2. The molecule has 0 bridgehead atoms. The molecule has 0 aliphatic heterocycles. The summed E-state index contributed by atoms with van der Waals surface area (Å²) >= 11 is 6.02. The predicted octanol–water partition coefficient (Wildman–Crippen LogP) is 5.50. The first-order chi connectivity index (χ1) is 13.3. The van der Waals surface area contributed by atoms with E-state index in [2.05, 4.69) is 14.9 Å². The van der Waals surface area contributed by atoms with Gasteiger partial charge in [0.1, 0.15) is 11.6 Å². The first-order valence-electron chi connectivity index (χ1n) is 8.81. The van der Waals surface area contributed by atoms with Gasteiger partial charge >= 0.3 is 6.36 Å². The van der Waals surface area contributed by atoms with Crippen LogP contribution in [-0.2, 0) is 12.5 Å². The van der Waals surface area contributed by atoms with Crippen LogP contribution < -0.4 is 4.74 Å². The van der Waals surface area contributed by atoms with E-state index in [0.29, 0.717) is 10.8 Å². The predicted molar refractivity (Wildman–Crippen MR) is 99.2 cm³/mol. The summed E-state index contributed by atoms with van der Waals surface area (Å²) in [6.45, 7) is 0. The van der Waals surface area contributed by atoms with Gasteiger partial charge in [0.15, 0.2) is 5.82 Å². The van der Waals surface area contributed by atoms with Crippen molar-refractivity contribution in [3.05, 3.63) is 64.9 Å². The van der Waals surface area contributed by atoms with Crippen molar-refractivity contribution in [2.45, 2.75) is 31.0 Å². The van der Waals surface area contributed by atoms with Crippen molar-refractivity contribution in [1.82, 2.24) is 14.8 Å². The van der Waals surface area contributed by atoms with E-state index >= 15 is 0 Å². The molecule has 146 valence electrons. The molecule has 4 rings (SSSR count). The second-order valence-corrected chi connectivity index (χ2v) is 7.33. The Morgan fingerprint density at radius 3 is 2.32 bits per heavy atom. The Balaban J connectivity index is 1.78. The van der Waals surface area contributed by atoms with Crippen molar-refractivity contribution in [1.29, 1.82) is 0 Å². The highest BCUT2D eigenvalue weighted by Gasteiger charge is 2.44. The Hall–Kier alpha value is -2.54. The Morgan fingerprint density at radius 2 is 1.71 bits per heavy atom. The van der Waals surface area contributed by atoms with E-state index in [9.17, 15) is 13.2 Å². The molecular formula is C20H17ClF3N3O. The number of alkyl halides is 3. The molecule has 0 spiro atoms. The van der Waals surface area contributed by atoms with Gasteiger partial charge in [0, 0.05) is 12.1 Å². The standard InChI is InChI=1S/C20H17ClF3N3O/c1-27-17(15-5-2-3-6-16(15)28-20(22,23)24)25-26-18(27)19(11-4-12-19)13-7-9-14(21)10-8-13/h2-3,5-10H,4,11-12H2,1H3. The van der Waals surface area contributed by atoms with E-state index in [1.54, 1.807) is 23.7 Å². The Labute approximate surface area is 164 Å². The zero-order chi connectivity index (χ0) is 19.9. The Kier molecular flexibility index (Phi) is 4.57. The van der Waals surface area contributed by atoms with Crippen LogP contribution in [0.2, 0.25) is 5.02 Å². The fraction of sp³-hybridized carbons (Fsp3) is 0.300. The van der Waals surface area contributed by atoms with Crippen LogP contribution in [0.1, 0.15) is 30.7 Å². The molecule has 0 radical (unpaired) electrons. The molecule has 1 saturated carbocycles. The lowest BCUT2D eigenvalue weighted by Crippen LogP contribution is -2.38. The monoisotopic (exact) mass is 407 g/mol. The van der Waals surface area contributed by atoms with Gasteiger partial charge in [-0.1, -0.05) is 42.3 Å². The summed E-state index contributed by atoms with van der Waals surface area (Å²) in [5.41, 5.74) is 1.00. The zero-order valence-corrected chi connectivity index (χ0v) is 15.8. The van der Waals surface area contributed by atoms with E-state index < -0.39 is 6.36 Å². The van der Waals surface area contributed by atoms with Crippen molar-refractivity contribution >= 4 is 11.6 Å². The van der Waals surface area contributed by atoms with E-state index in [-0.39, 0.29) is 16.7 Å². The van der Waals surface area contributed by atoms with E-state index in [1.807, 2.05) is 24.3 Å². The topological polar surface area (TPSA) is 39.9 Å². The van der Waals surface area contributed by atoms with Gasteiger partial charge < -0.3 is 9.30 Å². The van der Waals surface area contributed by atoms with Crippen molar-refractivity contribution in [2.24, 2.45) is 7.05 Å². The number of rotatable bonds is 4. The van der Waals surface area contributed by atoms with Crippen LogP contribution in [0.3, 0.4) is 0 Å². The second kappa shape index (κ2) is 6.81. The van der Waals surface area contributed by atoms with Crippen molar-refractivity contribution in [2.75, 3.05) is 0 Å². The fourth-order valence-electron chi connectivity index (χ4n) is 3.79. The fourth-order valence-corrected chi connectivity index (χ4v) is 3.91. The summed E-state index contributed by atoms with van der Waals surface area (Å²) in [4.78, 5) is 0. The summed E-state index contributed by atoms with van der Waals surface area (Å²) in [5.74, 6) is 0.749.